The van der Waals surface area contributed by atoms with E-state index in [-0.39, 0.29) is 23.6 Å². The number of hydrogen-bond donors (Lipinski definition) is 1. The largest absolute Gasteiger partial charge is 0.487 e. The number of ether oxygens (including phenoxy) is 1. The Morgan fingerprint density at radius 1 is 1.06 bits per heavy atom. The van der Waals surface area contributed by atoms with Crippen LogP contribution in [0.2, 0.25) is 0 Å². The molecule has 0 unspecified atom stereocenters. The smallest absolute Gasteiger partial charge is 0.270 e. The highest BCUT2D eigenvalue weighted by Gasteiger charge is 2.19. The van der Waals surface area contributed by atoms with Gasteiger partial charge < -0.3 is 10.1 Å². The molecule has 0 aliphatic rings. The average Bonchev–Trinajstić information content (AvgIpc) is 2.77. The van der Waals surface area contributed by atoms with Gasteiger partial charge in [-0.2, -0.15) is 0 Å². The maximum Gasteiger partial charge on any atom is 0.270 e. The summed E-state index contributed by atoms with van der Waals surface area (Å²) in [6, 6.07) is 19.2. The summed E-state index contributed by atoms with van der Waals surface area (Å²) in [6.07, 6.45) is 1.08. The van der Waals surface area contributed by atoms with Crippen LogP contribution in [0.4, 0.5) is 17.1 Å². The van der Waals surface area contributed by atoms with Crippen LogP contribution in [0.15, 0.2) is 72.8 Å². The molecule has 166 valence electrons. The minimum Gasteiger partial charge on any atom is -0.487 e. The van der Waals surface area contributed by atoms with Gasteiger partial charge in [0, 0.05) is 36.5 Å². The number of non-ortho nitro benzene ring substituents is 1. The molecule has 10 heteroatoms. The predicted octanol–water partition coefficient (Wildman–Crippen LogP) is 3.82. The number of nitrogens with zero attached hydrogens (tertiary/aromatic N) is 2. The molecule has 0 atom stereocenters. The lowest BCUT2D eigenvalue weighted by Gasteiger charge is -2.21. The first kappa shape index (κ1) is 22.8. The second-order valence-electron chi connectivity index (χ2n) is 6.95. The Morgan fingerprint density at radius 2 is 1.78 bits per heavy atom. The molecule has 0 saturated carbocycles. The number of benzene rings is 3. The highest BCUT2D eigenvalue weighted by atomic mass is 32.2. The van der Waals surface area contributed by atoms with Crippen molar-refractivity contribution in [3.05, 3.63) is 94.0 Å². The van der Waals surface area contributed by atoms with Crippen LogP contribution in [0.25, 0.3) is 0 Å². The predicted molar refractivity (Wildman–Crippen MR) is 122 cm³/mol. The van der Waals surface area contributed by atoms with Crippen molar-refractivity contribution >= 4 is 33.0 Å². The van der Waals surface area contributed by atoms with Gasteiger partial charge in [-0.15, -0.1) is 0 Å². The monoisotopic (exact) mass is 455 g/mol. The Kier molecular flexibility index (Phi) is 6.74. The third kappa shape index (κ3) is 5.61. The van der Waals surface area contributed by atoms with Crippen LogP contribution in [0.3, 0.4) is 0 Å². The summed E-state index contributed by atoms with van der Waals surface area (Å²) in [5.41, 5.74) is 1.44. The van der Waals surface area contributed by atoms with Crippen LogP contribution in [0.1, 0.15) is 15.9 Å². The number of nitrogens with one attached hydrogen (secondary N) is 1. The van der Waals surface area contributed by atoms with Crippen molar-refractivity contribution in [3.63, 3.8) is 0 Å². The maximum absolute atomic E-state index is 12.6. The summed E-state index contributed by atoms with van der Waals surface area (Å²) >= 11 is 0. The second kappa shape index (κ2) is 9.48. The molecule has 0 radical (unpaired) electrons. The number of carbonyl (C=O) groups excluding carboxylic acids is 1. The van der Waals surface area contributed by atoms with Gasteiger partial charge in [0.15, 0.2) is 0 Å². The molecule has 3 aromatic rings. The zero-order chi connectivity index (χ0) is 23.3. The van der Waals surface area contributed by atoms with E-state index in [1.54, 1.807) is 0 Å². The standard InChI is InChI=1S/C22H21N3O6S/c1-24(32(2,29)30)20-12-11-18(14-21(20)31-15-16-7-4-3-5-8-16)23-22(26)17-9-6-10-19(13-17)25(27)28/h3-14H,15H2,1-2H3,(H,23,26). The fraction of sp³-hybridized carbons (Fsp3) is 0.136. The molecule has 0 aromatic heterocycles. The van der Waals surface area contributed by atoms with Crippen LogP contribution < -0.4 is 14.4 Å². The zero-order valence-electron chi connectivity index (χ0n) is 17.4. The zero-order valence-corrected chi connectivity index (χ0v) is 18.2. The molecule has 0 aliphatic carbocycles. The Labute approximate surface area is 185 Å². The molecule has 3 aromatic carbocycles. The molecule has 32 heavy (non-hydrogen) atoms. The summed E-state index contributed by atoms with van der Waals surface area (Å²) in [4.78, 5) is 22.9. The van der Waals surface area contributed by atoms with Crippen LogP contribution in [-0.2, 0) is 16.6 Å². The number of nitro benzene ring substituents is 1. The fourth-order valence-electron chi connectivity index (χ4n) is 2.85. The summed E-state index contributed by atoms with van der Waals surface area (Å²) in [6.45, 7) is 0.188. The first-order valence-corrected chi connectivity index (χ1v) is 11.3. The minimum atomic E-state index is -3.55. The van der Waals surface area contributed by atoms with E-state index in [0.29, 0.717) is 11.4 Å². The number of rotatable bonds is 8. The first-order chi connectivity index (χ1) is 15.1. The van der Waals surface area contributed by atoms with Gasteiger partial charge in [0.25, 0.3) is 11.6 Å². The van der Waals surface area contributed by atoms with Crippen LogP contribution in [-0.4, -0.2) is 32.6 Å². The van der Waals surface area contributed by atoms with E-state index in [4.69, 9.17) is 4.74 Å². The second-order valence-corrected chi connectivity index (χ2v) is 8.96. The van der Waals surface area contributed by atoms with Crippen molar-refractivity contribution in [1.82, 2.24) is 0 Å². The molecule has 9 nitrogen and oxygen atoms in total. The van der Waals surface area contributed by atoms with E-state index in [9.17, 15) is 23.3 Å². The molecule has 0 aliphatic heterocycles. The molecule has 1 amide bonds. The number of carbonyl (C=O) groups is 1. The van der Waals surface area contributed by atoms with Crippen molar-refractivity contribution in [2.24, 2.45) is 0 Å². The van der Waals surface area contributed by atoms with E-state index in [1.165, 1.54) is 49.5 Å². The maximum atomic E-state index is 12.6. The highest BCUT2D eigenvalue weighted by molar-refractivity contribution is 7.92. The fourth-order valence-corrected chi connectivity index (χ4v) is 3.35. The molecular weight excluding hydrogens is 434 g/mol. The Balaban J connectivity index is 1.89. The van der Waals surface area contributed by atoms with E-state index < -0.39 is 20.9 Å². The van der Waals surface area contributed by atoms with Gasteiger partial charge in [-0.05, 0) is 23.8 Å². The highest BCUT2D eigenvalue weighted by Crippen LogP contribution is 2.33. The summed E-state index contributed by atoms with van der Waals surface area (Å²) in [5.74, 6) is -0.300. The van der Waals surface area contributed by atoms with Crippen molar-refractivity contribution in [1.29, 1.82) is 0 Å². The lowest BCUT2D eigenvalue weighted by atomic mass is 10.2. The quantitative estimate of drug-likeness (QED) is 0.407. The normalized spacial score (nSPS) is 10.9. The van der Waals surface area contributed by atoms with Gasteiger partial charge in [0.2, 0.25) is 10.0 Å². The minimum absolute atomic E-state index is 0.114. The van der Waals surface area contributed by atoms with Gasteiger partial charge in [-0.3, -0.25) is 19.2 Å². The molecule has 0 spiro atoms. The van der Waals surface area contributed by atoms with Gasteiger partial charge in [0.05, 0.1) is 16.9 Å². The lowest BCUT2D eigenvalue weighted by molar-refractivity contribution is -0.384. The SMILES string of the molecule is CN(c1ccc(NC(=O)c2cccc([N+](=O)[O-])c2)cc1OCc1ccccc1)S(C)(=O)=O. The molecular formula is C22H21N3O6S. The van der Waals surface area contributed by atoms with E-state index in [1.807, 2.05) is 30.3 Å². The van der Waals surface area contributed by atoms with Crippen LogP contribution >= 0.6 is 0 Å². The molecule has 3 rings (SSSR count). The Hall–Kier alpha value is -3.92. The number of amides is 1. The van der Waals surface area contributed by atoms with Crippen molar-refractivity contribution in [3.8, 4) is 5.75 Å². The number of hydrogen-bond acceptors (Lipinski definition) is 6. The molecule has 1 N–H and O–H groups in total. The van der Waals surface area contributed by atoms with E-state index >= 15 is 0 Å². The summed E-state index contributed by atoms with van der Waals surface area (Å²) in [5, 5.41) is 13.6. The van der Waals surface area contributed by atoms with Crippen LogP contribution in [0.5, 0.6) is 5.75 Å². The lowest BCUT2D eigenvalue weighted by Crippen LogP contribution is -2.25. The van der Waals surface area contributed by atoms with Crippen molar-refractivity contribution in [2.75, 3.05) is 22.9 Å². The van der Waals surface area contributed by atoms with E-state index in [0.717, 1.165) is 16.1 Å². The molecule has 0 fully saturated rings. The molecule has 0 bridgehead atoms. The molecule has 0 saturated heterocycles. The third-order valence-electron chi connectivity index (χ3n) is 4.61. The third-order valence-corrected chi connectivity index (χ3v) is 5.80. The number of sulfonamides is 1. The summed E-state index contributed by atoms with van der Waals surface area (Å²) in [7, 11) is -2.15. The molecule has 0 heterocycles. The topological polar surface area (TPSA) is 119 Å². The van der Waals surface area contributed by atoms with Gasteiger partial charge >= 0.3 is 0 Å². The first-order valence-electron chi connectivity index (χ1n) is 9.45. The van der Waals surface area contributed by atoms with Crippen molar-refractivity contribution in [2.45, 2.75) is 6.61 Å². The van der Waals surface area contributed by atoms with Crippen molar-refractivity contribution < 1.29 is 22.9 Å². The Bertz CT molecular complexity index is 1250. The number of anilines is 2. The van der Waals surface area contributed by atoms with Gasteiger partial charge in [0.1, 0.15) is 12.4 Å². The van der Waals surface area contributed by atoms with E-state index in [2.05, 4.69) is 5.32 Å². The number of nitro groups is 1. The van der Waals surface area contributed by atoms with Gasteiger partial charge in [-0.25, -0.2) is 8.42 Å². The Morgan fingerprint density at radius 3 is 2.44 bits per heavy atom. The van der Waals surface area contributed by atoms with Gasteiger partial charge in [-0.1, -0.05) is 36.4 Å². The summed E-state index contributed by atoms with van der Waals surface area (Å²) < 4.78 is 31.0. The average molecular weight is 455 g/mol. The van der Waals surface area contributed by atoms with Crippen LogP contribution in [0, 0.1) is 10.1 Å².